The Hall–Kier alpha value is -1.98. The standard InChI is InChI=1S/C11H15BrN8O2/c12-7-5-15-20-9(7)16-11(19-1-3-22-4-2-19)17-10(20)14-6-8(21)18-13/h5H,1-4,6,13H2,(H,18,21)(H,14,16,17). The van der Waals surface area contributed by atoms with E-state index in [1.165, 1.54) is 4.52 Å². The molecule has 3 rings (SSSR count). The third kappa shape index (κ3) is 2.96. The molecule has 0 bridgehead atoms. The van der Waals surface area contributed by atoms with E-state index in [0.717, 1.165) is 4.47 Å². The smallest absolute Gasteiger partial charge is 0.253 e. The minimum absolute atomic E-state index is 0.0113. The van der Waals surface area contributed by atoms with Crippen molar-refractivity contribution in [1.82, 2.24) is 25.0 Å². The quantitative estimate of drug-likeness (QED) is 0.360. The van der Waals surface area contributed by atoms with Gasteiger partial charge in [-0.1, -0.05) is 0 Å². The third-order valence-electron chi connectivity index (χ3n) is 3.18. The van der Waals surface area contributed by atoms with Crippen LogP contribution in [0.5, 0.6) is 0 Å². The number of halogens is 1. The fourth-order valence-electron chi connectivity index (χ4n) is 2.07. The van der Waals surface area contributed by atoms with Gasteiger partial charge in [0.25, 0.3) is 5.91 Å². The Bertz CT molecular complexity index is 684. The Labute approximate surface area is 134 Å². The zero-order valence-corrected chi connectivity index (χ0v) is 13.2. The molecule has 1 saturated heterocycles. The number of aromatic nitrogens is 4. The first-order valence-electron chi connectivity index (χ1n) is 6.66. The van der Waals surface area contributed by atoms with Gasteiger partial charge < -0.3 is 15.0 Å². The summed E-state index contributed by atoms with van der Waals surface area (Å²) < 4.78 is 7.61. The Balaban J connectivity index is 1.95. The van der Waals surface area contributed by atoms with Gasteiger partial charge in [0.05, 0.1) is 30.4 Å². The van der Waals surface area contributed by atoms with Crippen molar-refractivity contribution in [1.29, 1.82) is 0 Å². The third-order valence-corrected chi connectivity index (χ3v) is 3.73. The molecule has 2 aromatic heterocycles. The first-order valence-corrected chi connectivity index (χ1v) is 7.45. The molecule has 0 atom stereocenters. The lowest BCUT2D eigenvalue weighted by atomic mass is 10.4. The zero-order chi connectivity index (χ0) is 15.5. The monoisotopic (exact) mass is 370 g/mol. The largest absolute Gasteiger partial charge is 0.378 e. The van der Waals surface area contributed by atoms with E-state index in [-0.39, 0.29) is 12.5 Å². The molecule has 1 fully saturated rings. The van der Waals surface area contributed by atoms with Gasteiger partial charge in [-0.2, -0.15) is 19.6 Å². The molecule has 0 radical (unpaired) electrons. The highest BCUT2D eigenvalue weighted by atomic mass is 79.9. The average molecular weight is 371 g/mol. The number of nitrogens with zero attached hydrogens (tertiary/aromatic N) is 5. The summed E-state index contributed by atoms with van der Waals surface area (Å²) in [6.07, 6.45) is 1.63. The Morgan fingerprint density at radius 1 is 1.41 bits per heavy atom. The van der Waals surface area contributed by atoms with Crippen LogP contribution in [0.3, 0.4) is 0 Å². The van der Waals surface area contributed by atoms with E-state index in [1.807, 2.05) is 4.90 Å². The maximum Gasteiger partial charge on any atom is 0.253 e. The van der Waals surface area contributed by atoms with Crippen LogP contribution in [0, 0.1) is 0 Å². The van der Waals surface area contributed by atoms with E-state index in [9.17, 15) is 4.79 Å². The normalized spacial score (nSPS) is 15.1. The molecule has 0 saturated carbocycles. The van der Waals surface area contributed by atoms with Crippen LogP contribution < -0.4 is 21.5 Å². The van der Waals surface area contributed by atoms with Crippen LogP contribution in [0.1, 0.15) is 0 Å². The van der Waals surface area contributed by atoms with Crippen LogP contribution in [0.15, 0.2) is 10.7 Å². The molecule has 0 aromatic carbocycles. The Morgan fingerprint density at radius 2 is 2.18 bits per heavy atom. The summed E-state index contributed by atoms with van der Waals surface area (Å²) in [7, 11) is 0. The summed E-state index contributed by atoms with van der Waals surface area (Å²) in [4.78, 5) is 22.3. The maximum absolute atomic E-state index is 11.3. The van der Waals surface area contributed by atoms with E-state index in [1.54, 1.807) is 6.20 Å². The molecule has 22 heavy (non-hydrogen) atoms. The van der Waals surface area contributed by atoms with Gasteiger partial charge in [0, 0.05) is 13.1 Å². The number of ether oxygens (including phenoxy) is 1. The molecule has 0 aliphatic carbocycles. The van der Waals surface area contributed by atoms with E-state index < -0.39 is 0 Å². The fraction of sp³-hybridized carbons (Fsp3) is 0.455. The van der Waals surface area contributed by atoms with Crippen LogP contribution >= 0.6 is 15.9 Å². The van der Waals surface area contributed by atoms with Crippen molar-refractivity contribution < 1.29 is 9.53 Å². The molecule has 118 valence electrons. The van der Waals surface area contributed by atoms with Gasteiger partial charge >= 0.3 is 0 Å². The second kappa shape index (κ2) is 6.42. The van der Waals surface area contributed by atoms with Crippen LogP contribution in [0.2, 0.25) is 0 Å². The number of hydrazine groups is 1. The summed E-state index contributed by atoms with van der Waals surface area (Å²) in [5.41, 5.74) is 2.67. The van der Waals surface area contributed by atoms with Gasteiger partial charge in [-0.25, -0.2) is 5.84 Å². The highest BCUT2D eigenvalue weighted by Gasteiger charge is 2.18. The molecular weight excluding hydrogens is 356 g/mol. The maximum atomic E-state index is 11.3. The lowest BCUT2D eigenvalue weighted by Crippen LogP contribution is -2.38. The van der Waals surface area contributed by atoms with Crippen molar-refractivity contribution in [2.24, 2.45) is 5.84 Å². The highest BCUT2D eigenvalue weighted by molar-refractivity contribution is 9.10. The van der Waals surface area contributed by atoms with Crippen LogP contribution in [0.25, 0.3) is 5.65 Å². The van der Waals surface area contributed by atoms with Crippen LogP contribution in [0.4, 0.5) is 11.9 Å². The van der Waals surface area contributed by atoms with E-state index >= 15 is 0 Å². The molecule has 11 heteroatoms. The number of fused-ring (bicyclic) bond motifs is 1. The predicted molar refractivity (Wildman–Crippen MR) is 82.3 cm³/mol. The zero-order valence-electron chi connectivity index (χ0n) is 11.6. The number of carbonyl (C=O) groups excluding carboxylic acids is 1. The SMILES string of the molecule is NNC(=O)CNc1nc(N2CCOCC2)nc2c(Br)cnn12. The number of carbonyl (C=O) groups is 1. The number of nitrogens with one attached hydrogen (secondary N) is 2. The van der Waals surface area contributed by atoms with Gasteiger partial charge in [0.15, 0.2) is 5.65 Å². The highest BCUT2D eigenvalue weighted by Crippen LogP contribution is 2.21. The molecule has 4 N–H and O–H groups in total. The van der Waals surface area contributed by atoms with Crippen molar-refractivity contribution in [3.63, 3.8) is 0 Å². The molecule has 0 spiro atoms. The number of hydrogen-bond acceptors (Lipinski definition) is 8. The fourth-order valence-corrected chi connectivity index (χ4v) is 2.42. The molecule has 10 nitrogen and oxygen atoms in total. The minimum atomic E-state index is -0.356. The van der Waals surface area contributed by atoms with Crippen molar-refractivity contribution in [3.8, 4) is 0 Å². The summed E-state index contributed by atoms with van der Waals surface area (Å²) in [6.45, 7) is 2.68. The molecule has 1 amide bonds. The lowest BCUT2D eigenvalue weighted by molar-refractivity contribution is -0.119. The number of amides is 1. The summed E-state index contributed by atoms with van der Waals surface area (Å²) in [5.74, 6) is 5.70. The molecule has 2 aromatic rings. The van der Waals surface area contributed by atoms with Crippen molar-refractivity contribution in [2.45, 2.75) is 0 Å². The topological polar surface area (TPSA) is 123 Å². The lowest BCUT2D eigenvalue weighted by Gasteiger charge is -2.27. The van der Waals surface area contributed by atoms with Crippen molar-refractivity contribution in [2.75, 3.05) is 43.1 Å². The van der Waals surface area contributed by atoms with Crippen molar-refractivity contribution in [3.05, 3.63) is 10.7 Å². The van der Waals surface area contributed by atoms with Gasteiger partial charge in [-0.15, -0.1) is 0 Å². The van der Waals surface area contributed by atoms with E-state index in [4.69, 9.17) is 10.6 Å². The first kappa shape index (κ1) is 14.9. The average Bonchev–Trinajstić information content (AvgIpc) is 2.94. The van der Waals surface area contributed by atoms with Gasteiger partial charge in [0.1, 0.15) is 0 Å². The number of morpholine rings is 1. The first-order chi connectivity index (χ1) is 10.7. The molecule has 0 unspecified atom stereocenters. The molecule has 1 aliphatic heterocycles. The van der Waals surface area contributed by atoms with Crippen molar-refractivity contribution >= 4 is 39.4 Å². The Kier molecular flexibility index (Phi) is 4.36. The molecular formula is C11H15BrN8O2. The molecule has 1 aliphatic rings. The second-order valence-corrected chi connectivity index (χ2v) is 5.45. The van der Waals surface area contributed by atoms with Crippen LogP contribution in [-0.2, 0) is 9.53 Å². The number of hydrogen-bond donors (Lipinski definition) is 3. The van der Waals surface area contributed by atoms with E-state index in [2.05, 4.69) is 41.7 Å². The number of rotatable bonds is 4. The Morgan fingerprint density at radius 3 is 2.91 bits per heavy atom. The van der Waals surface area contributed by atoms with Gasteiger partial charge in [-0.3, -0.25) is 10.2 Å². The van der Waals surface area contributed by atoms with Gasteiger partial charge in [0.2, 0.25) is 11.9 Å². The van der Waals surface area contributed by atoms with Gasteiger partial charge in [-0.05, 0) is 15.9 Å². The number of nitrogens with two attached hydrogens (primary N) is 1. The van der Waals surface area contributed by atoms with E-state index in [0.29, 0.717) is 43.8 Å². The summed E-state index contributed by atoms with van der Waals surface area (Å²) in [5, 5.41) is 7.09. The summed E-state index contributed by atoms with van der Waals surface area (Å²) in [6, 6.07) is 0. The second-order valence-electron chi connectivity index (χ2n) is 4.60. The van der Waals surface area contributed by atoms with Crippen LogP contribution in [-0.4, -0.2) is 58.3 Å². The predicted octanol–water partition coefficient (Wildman–Crippen LogP) is -0.875. The molecule has 3 heterocycles. The summed E-state index contributed by atoms with van der Waals surface area (Å²) >= 11 is 3.41. The minimum Gasteiger partial charge on any atom is -0.378 e. The number of anilines is 2.